The zero-order chi connectivity index (χ0) is 19.4. The highest BCUT2D eigenvalue weighted by Crippen LogP contribution is 2.64. The normalized spacial score (nSPS) is 42.0. The monoisotopic (exact) mass is 397 g/mol. The molecule has 0 radical (unpaired) electrons. The Labute approximate surface area is 180 Å². The van der Waals surface area contributed by atoms with Crippen molar-refractivity contribution in [2.75, 3.05) is 0 Å². The van der Waals surface area contributed by atoms with Crippen LogP contribution in [0.1, 0.15) is 110 Å². The molecule has 10 rings (SSSR count). The molecule has 8 bridgehead atoms. The molecule has 8 aliphatic carbocycles. The van der Waals surface area contributed by atoms with E-state index in [0.717, 1.165) is 41.4 Å². The third kappa shape index (κ3) is 2.28. The van der Waals surface area contributed by atoms with Crippen LogP contribution in [0.4, 0.5) is 0 Å². The first kappa shape index (κ1) is 17.0. The molecule has 1 nitrogen and oxygen atoms in total. The Morgan fingerprint density at radius 1 is 0.500 bits per heavy atom. The van der Waals surface area contributed by atoms with Gasteiger partial charge in [0.15, 0.2) is 0 Å². The lowest BCUT2D eigenvalue weighted by atomic mass is 9.66. The molecule has 1 heterocycles. The molecule has 4 fully saturated rings. The standard InChI is InChI=1S/C29H33O/c1-2-4-20(5-3-1)28-26-22-10-16-6-17(11-22)9-21(8-16)25(26)27-23-12-18-7-19(13-23)15-24(14-18)29(27)30-28/h1-5,16-19,21-24H,6-15H2/q+1. The second kappa shape index (κ2) is 5.99. The summed E-state index contributed by atoms with van der Waals surface area (Å²) in [6.07, 6.45) is 14.5. The van der Waals surface area contributed by atoms with Gasteiger partial charge >= 0.3 is 11.5 Å². The molecule has 30 heavy (non-hydrogen) atoms. The minimum Gasteiger partial charge on any atom is -0.211 e. The zero-order valence-electron chi connectivity index (χ0n) is 18.0. The Kier molecular flexibility index (Phi) is 3.39. The lowest BCUT2D eigenvalue weighted by molar-refractivity contribution is 0.158. The predicted molar refractivity (Wildman–Crippen MR) is 120 cm³/mol. The first-order chi connectivity index (χ1) is 14.8. The second-order valence-corrected chi connectivity index (χ2v) is 12.0. The van der Waals surface area contributed by atoms with Crippen LogP contribution in [0, 0.1) is 23.7 Å². The maximum absolute atomic E-state index is 7.16. The minimum atomic E-state index is 0.696. The van der Waals surface area contributed by atoms with Gasteiger partial charge in [-0.15, -0.1) is 0 Å². The average molecular weight is 398 g/mol. The van der Waals surface area contributed by atoms with E-state index in [1.165, 1.54) is 81.3 Å². The summed E-state index contributed by atoms with van der Waals surface area (Å²) in [6, 6.07) is 11.2. The largest absolute Gasteiger partial charge is 0.363 e. The van der Waals surface area contributed by atoms with Gasteiger partial charge in [0.1, 0.15) is 0 Å². The lowest BCUT2D eigenvalue weighted by Gasteiger charge is -2.39. The van der Waals surface area contributed by atoms with E-state index < -0.39 is 0 Å². The van der Waals surface area contributed by atoms with Gasteiger partial charge in [0.05, 0.1) is 22.6 Å². The molecular weight excluding hydrogens is 364 g/mol. The summed E-state index contributed by atoms with van der Waals surface area (Å²) in [5.41, 5.74) is 6.65. The molecule has 0 spiro atoms. The van der Waals surface area contributed by atoms with Crippen LogP contribution in [0.15, 0.2) is 34.7 Å². The quantitative estimate of drug-likeness (QED) is 0.444. The van der Waals surface area contributed by atoms with Crippen molar-refractivity contribution in [2.45, 2.75) is 87.9 Å². The Bertz CT molecular complexity index is 994. The van der Waals surface area contributed by atoms with Crippen LogP contribution in [-0.2, 0) is 0 Å². The second-order valence-electron chi connectivity index (χ2n) is 12.0. The van der Waals surface area contributed by atoms with Gasteiger partial charge in [-0.3, -0.25) is 0 Å². The van der Waals surface area contributed by atoms with Crippen LogP contribution in [0.25, 0.3) is 11.3 Å². The van der Waals surface area contributed by atoms with Crippen molar-refractivity contribution in [3.8, 4) is 11.3 Å². The Hall–Kier alpha value is -1.63. The molecule has 0 saturated heterocycles. The maximum Gasteiger partial charge on any atom is 0.363 e. The zero-order valence-corrected chi connectivity index (χ0v) is 18.0. The van der Waals surface area contributed by atoms with Crippen molar-refractivity contribution in [2.24, 2.45) is 23.7 Å². The fourth-order valence-electron chi connectivity index (χ4n) is 9.62. The molecule has 154 valence electrons. The molecule has 4 atom stereocenters. The number of hydrogen-bond acceptors (Lipinski definition) is 0. The van der Waals surface area contributed by atoms with Crippen LogP contribution in [0.2, 0.25) is 0 Å². The Morgan fingerprint density at radius 2 is 1.00 bits per heavy atom. The lowest BCUT2D eigenvalue weighted by Crippen LogP contribution is -2.26. The third-order valence-electron chi connectivity index (χ3n) is 10.2. The van der Waals surface area contributed by atoms with Gasteiger partial charge in [-0.1, -0.05) is 18.2 Å². The fourth-order valence-corrected chi connectivity index (χ4v) is 9.62. The van der Waals surface area contributed by atoms with Gasteiger partial charge in [0, 0.05) is 0 Å². The van der Waals surface area contributed by atoms with Crippen LogP contribution >= 0.6 is 0 Å². The molecule has 2 aromatic rings. The Morgan fingerprint density at radius 3 is 1.60 bits per heavy atom. The molecule has 0 amide bonds. The molecule has 8 aliphatic rings. The SMILES string of the molecule is c1ccc(-c2[o+]c3c(c4c2C2CC5CC(C2)CC4C5)C2CC4CC(CC3C4)C2)cc1. The van der Waals surface area contributed by atoms with E-state index in [1.807, 2.05) is 5.56 Å². The number of hydrogen-bond donors (Lipinski definition) is 0. The first-order valence-corrected chi connectivity index (χ1v) is 12.9. The van der Waals surface area contributed by atoms with Crippen LogP contribution in [0.3, 0.4) is 0 Å². The Balaban J connectivity index is 1.45. The number of benzene rings is 1. The van der Waals surface area contributed by atoms with Crippen molar-refractivity contribution in [1.29, 1.82) is 0 Å². The minimum absolute atomic E-state index is 0.696. The topological polar surface area (TPSA) is 11.3 Å². The van der Waals surface area contributed by atoms with Gasteiger partial charge in [-0.25, -0.2) is 4.42 Å². The summed E-state index contributed by atoms with van der Waals surface area (Å²) >= 11 is 0. The summed E-state index contributed by atoms with van der Waals surface area (Å²) in [5.74, 6) is 9.67. The summed E-state index contributed by atoms with van der Waals surface area (Å²) in [5, 5.41) is 0. The highest BCUT2D eigenvalue weighted by Gasteiger charge is 2.54. The van der Waals surface area contributed by atoms with E-state index in [1.54, 1.807) is 11.1 Å². The smallest absolute Gasteiger partial charge is 0.211 e. The molecule has 1 aromatic heterocycles. The summed E-state index contributed by atoms with van der Waals surface area (Å²) in [4.78, 5) is 0. The van der Waals surface area contributed by atoms with Crippen molar-refractivity contribution >= 4 is 0 Å². The van der Waals surface area contributed by atoms with E-state index in [4.69, 9.17) is 4.42 Å². The summed E-state index contributed by atoms with van der Waals surface area (Å²) in [6.45, 7) is 0. The number of rotatable bonds is 1. The summed E-state index contributed by atoms with van der Waals surface area (Å²) in [7, 11) is 0. The van der Waals surface area contributed by atoms with Crippen molar-refractivity contribution in [1.82, 2.24) is 0 Å². The van der Waals surface area contributed by atoms with Crippen molar-refractivity contribution < 1.29 is 4.42 Å². The van der Waals surface area contributed by atoms with Crippen molar-refractivity contribution in [3.63, 3.8) is 0 Å². The van der Waals surface area contributed by atoms with Gasteiger partial charge in [0.2, 0.25) is 0 Å². The van der Waals surface area contributed by atoms with E-state index in [2.05, 4.69) is 30.3 Å². The van der Waals surface area contributed by atoms with E-state index in [-0.39, 0.29) is 0 Å². The molecule has 4 unspecified atom stereocenters. The van der Waals surface area contributed by atoms with Crippen LogP contribution in [0.5, 0.6) is 0 Å². The molecule has 4 saturated carbocycles. The first-order valence-electron chi connectivity index (χ1n) is 12.9. The molecule has 1 heteroatoms. The van der Waals surface area contributed by atoms with E-state index >= 15 is 0 Å². The van der Waals surface area contributed by atoms with Gasteiger partial charge < -0.3 is 0 Å². The average Bonchev–Trinajstić information content (AvgIpc) is 3.04. The molecule has 0 aliphatic heterocycles. The molecular formula is C29H33O+. The summed E-state index contributed by atoms with van der Waals surface area (Å²) < 4.78 is 7.16. The van der Waals surface area contributed by atoms with Gasteiger partial charge in [-0.05, 0) is 123 Å². The van der Waals surface area contributed by atoms with E-state index in [0.29, 0.717) is 5.92 Å². The van der Waals surface area contributed by atoms with Crippen LogP contribution in [-0.4, -0.2) is 0 Å². The highest BCUT2D eigenvalue weighted by atomic mass is 16.3. The van der Waals surface area contributed by atoms with E-state index in [9.17, 15) is 0 Å². The molecule has 0 N–H and O–H groups in total. The van der Waals surface area contributed by atoms with Gasteiger partial charge in [-0.2, -0.15) is 0 Å². The maximum atomic E-state index is 7.16. The van der Waals surface area contributed by atoms with Gasteiger partial charge in [0.25, 0.3) is 0 Å². The van der Waals surface area contributed by atoms with Crippen LogP contribution < -0.4 is 0 Å². The highest BCUT2D eigenvalue weighted by molar-refractivity contribution is 5.67. The molecule has 1 aromatic carbocycles. The fraction of sp³-hybridized carbons (Fsp3) is 0.621. The third-order valence-corrected chi connectivity index (χ3v) is 10.2. The van der Waals surface area contributed by atoms with Crippen molar-refractivity contribution in [3.05, 3.63) is 52.8 Å². The predicted octanol–water partition coefficient (Wildman–Crippen LogP) is 8.01.